The molecule has 0 saturated carbocycles. The van der Waals surface area contributed by atoms with E-state index in [4.69, 9.17) is 4.74 Å². The van der Waals surface area contributed by atoms with Gasteiger partial charge in [0.05, 0.1) is 6.42 Å². The van der Waals surface area contributed by atoms with E-state index in [0.29, 0.717) is 6.54 Å². The van der Waals surface area contributed by atoms with Gasteiger partial charge in [0.15, 0.2) is 0 Å². The molecule has 0 aliphatic carbocycles. The van der Waals surface area contributed by atoms with Gasteiger partial charge in [-0.15, -0.1) is 0 Å². The maximum atomic E-state index is 11.1. The van der Waals surface area contributed by atoms with Gasteiger partial charge in [0, 0.05) is 12.5 Å². The number of hydrogen-bond acceptors (Lipinski definition) is 4. The fraction of sp³-hybridized carbons (Fsp3) is 0.600. The Morgan fingerprint density at radius 2 is 2.21 bits per heavy atom. The molecule has 0 heterocycles. The third kappa shape index (κ3) is 5.48. The highest BCUT2D eigenvalue weighted by atomic mass is 16.5. The van der Waals surface area contributed by atoms with Gasteiger partial charge >= 0.3 is 5.97 Å². The fourth-order valence-corrected chi connectivity index (χ4v) is 1.02. The average Bonchev–Trinajstić information content (AvgIpc) is 2.14. The van der Waals surface area contributed by atoms with Crippen LogP contribution in [0.2, 0.25) is 0 Å². The molecule has 1 N–H and O–H groups in total. The number of ketones is 1. The summed E-state index contributed by atoms with van der Waals surface area (Å²) >= 11 is 0. The lowest BCUT2D eigenvalue weighted by atomic mass is 10.0. The summed E-state index contributed by atoms with van der Waals surface area (Å²) in [4.78, 5) is 22.2. The van der Waals surface area contributed by atoms with Crippen molar-refractivity contribution in [3.8, 4) is 0 Å². The molecule has 4 nitrogen and oxygen atoms in total. The first-order valence-electron chi connectivity index (χ1n) is 4.53. The highest BCUT2D eigenvalue weighted by Crippen LogP contribution is 2.04. The van der Waals surface area contributed by atoms with Crippen molar-refractivity contribution >= 4 is 11.8 Å². The lowest BCUT2D eigenvalue weighted by Gasteiger charge is -2.11. The van der Waals surface area contributed by atoms with E-state index in [-0.39, 0.29) is 30.7 Å². The topological polar surface area (TPSA) is 55.4 Å². The molecule has 0 aliphatic rings. The summed E-state index contributed by atoms with van der Waals surface area (Å²) < 4.78 is 4.78. The molecular formula is C10H17NO3. The molecule has 0 spiro atoms. The second-order valence-corrected chi connectivity index (χ2v) is 3.04. The number of ether oxygens (including phenoxy) is 1. The van der Waals surface area contributed by atoms with Crippen molar-refractivity contribution in [2.75, 3.05) is 20.2 Å². The van der Waals surface area contributed by atoms with E-state index in [9.17, 15) is 9.59 Å². The van der Waals surface area contributed by atoms with Gasteiger partial charge in [-0.05, 0) is 14.0 Å². The Hall–Kier alpha value is -1.16. The minimum absolute atomic E-state index is 0.00472. The summed E-state index contributed by atoms with van der Waals surface area (Å²) in [6.07, 6.45) is 1.63. The number of Topliss-reactive ketones (excluding diaryl/α,β-unsaturated/α-hetero) is 1. The predicted octanol–water partition coefficient (Wildman–Crippen LogP) is 0.530. The first-order chi connectivity index (χ1) is 6.61. The second-order valence-electron chi connectivity index (χ2n) is 3.04. The van der Waals surface area contributed by atoms with Crippen LogP contribution in [0.15, 0.2) is 12.7 Å². The lowest BCUT2D eigenvalue weighted by Crippen LogP contribution is -2.27. The smallest absolute Gasteiger partial charge is 0.306 e. The predicted molar refractivity (Wildman–Crippen MR) is 53.9 cm³/mol. The van der Waals surface area contributed by atoms with Crippen molar-refractivity contribution in [1.82, 2.24) is 5.32 Å². The molecule has 0 saturated heterocycles. The van der Waals surface area contributed by atoms with Gasteiger partial charge in [-0.2, -0.15) is 0 Å². The summed E-state index contributed by atoms with van der Waals surface area (Å²) in [6.45, 7) is 5.60. The van der Waals surface area contributed by atoms with E-state index < -0.39 is 0 Å². The van der Waals surface area contributed by atoms with Crippen LogP contribution in [0.25, 0.3) is 0 Å². The lowest BCUT2D eigenvalue weighted by molar-refractivity contribution is -0.145. The van der Waals surface area contributed by atoms with Gasteiger partial charge in [-0.25, -0.2) is 0 Å². The molecule has 1 atom stereocenters. The monoisotopic (exact) mass is 199 g/mol. The Labute approximate surface area is 84.3 Å². The first kappa shape index (κ1) is 12.8. The van der Waals surface area contributed by atoms with Crippen LogP contribution < -0.4 is 5.32 Å². The molecule has 0 bridgehead atoms. The van der Waals surface area contributed by atoms with Crippen molar-refractivity contribution in [3.05, 3.63) is 12.7 Å². The molecule has 1 unspecified atom stereocenters. The normalized spacial score (nSPS) is 11.9. The molecule has 0 rings (SSSR count). The zero-order valence-corrected chi connectivity index (χ0v) is 8.71. The van der Waals surface area contributed by atoms with Crippen LogP contribution in [-0.2, 0) is 14.3 Å². The van der Waals surface area contributed by atoms with Crippen LogP contribution in [0.1, 0.15) is 13.3 Å². The zero-order chi connectivity index (χ0) is 11.0. The second kappa shape index (κ2) is 7.26. The van der Waals surface area contributed by atoms with Crippen LogP contribution in [0.4, 0.5) is 0 Å². The minimum atomic E-state index is -0.361. The molecule has 14 heavy (non-hydrogen) atoms. The quantitative estimate of drug-likeness (QED) is 0.480. The van der Waals surface area contributed by atoms with Crippen LogP contribution in [0.5, 0.6) is 0 Å². The summed E-state index contributed by atoms with van der Waals surface area (Å²) in [5, 5.41) is 2.86. The molecular weight excluding hydrogens is 182 g/mol. The highest BCUT2D eigenvalue weighted by molar-refractivity contribution is 5.83. The van der Waals surface area contributed by atoms with Crippen molar-refractivity contribution < 1.29 is 14.3 Å². The molecule has 0 aromatic rings. The van der Waals surface area contributed by atoms with Crippen molar-refractivity contribution in [3.63, 3.8) is 0 Å². The molecule has 0 amide bonds. The minimum Gasteiger partial charge on any atom is -0.461 e. The molecule has 0 aromatic heterocycles. The summed E-state index contributed by atoms with van der Waals surface area (Å²) in [7, 11) is 1.74. The van der Waals surface area contributed by atoms with E-state index in [1.807, 2.05) is 0 Å². The Morgan fingerprint density at radius 3 is 2.64 bits per heavy atom. The summed E-state index contributed by atoms with van der Waals surface area (Å²) in [5.41, 5.74) is 0. The van der Waals surface area contributed by atoms with Crippen LogP contribution >= 0.6 is 0 Å². The number of rotatable bonds is 7. The van der Waals surface area contributed by atoms with Crippen LogP contribution in [0, 0.1) is 5.92 Å². The Kier molecular flexibility index (Phi) is 6.66. The van der Waals surface area contributed by atoms with Gasteiger partial charge in [-0.3, -0.25) is 9.59 Å². The maximum Gasteiger partial charge on any atom is 0.306 e. The largest absolute Gasteiger partial charge is 0.461 e. The fourth-order valence-electron chi connectivity index (χ4n) is 1.02. The molecule has 0 aromatic carbocycles. The van der Waals surface area contributed by atoms with E-state index in [0.717, 1.165) is 0 Å². The zero-order valence-electron chi connectivity index (χ0n) is 8.71. The Morgan fingerprint density at radius 1 is 1.57 bits per heavy atom. The molecule has 0 aliphatic heterocycles. The van der Waals surface area contributed by atoms with Gasteiger partial charge in [-0.1, -0.05) is 12.7 Å². The number of hydrogen-bond donors (Lipinski definition) is 1. The van der Waals surface area contributed by atoms with Crippen molar-refractivity contribution in [2.45, 2.75) is 13.3 Å². The Bertz CT molecular complexity index is 213. The van der Waals surface area contributed by atoms with Crippen LogP contribution in [-0.4, -0.2) is 32.0 Å². The Balaban J connectivity index is 3.95. The molecule has 4 heteroatoms. The van der Waals surface area contributed by atoms with Crippen LogP contribution in [0.3, 0.4) is 0 Å². The standard InChI is InChI=1S/C10H17NO3/c1-4-5-14-10(13)6-9(7-11-3)8(2)12/h4,9,11H,1,5-7H2,2-3H3. The molecule has 0 radical (unpaired) electrons. The maximum absolute atomic E-state index is 11.1. The SMILES string of the molecule is C=CCOC(=O)CC(CNC)C(C)=O. The molecule has 80 valence electrons. The number of carbonyl (C=O) groups excluding carboxylic acids is 2. The number of esters is 1. The van der Waals surface area contributed by atoms with Gasteiger partial charge in [0.1, 0.15) is 12.4 Å². The van der Waals surface area contributed by atoms with E-state index >= 15 is 0 Å². The summed E-state index contributed by atoms with van der Waals surface area (Å²) in [6, 6.07) is 0. The summed E-state index contributed by atoms with van der Waals surface area (Å²) in [5.74, 6) is -0.660. The highest BCUT2D eigenvalue weighted by Gasteiger charge is 2.18. The average molecular weight is 199 g/mol. The van der Waals surface area contributed by atoms with Gasteiger partial charge < -0.3 is 10.1 Å². The van der Waals surface area contributed by atoms with E-state index in [1.54, 1.807) is 7.05 Å². The third-order valence-corrected chi connectivity index (χ3v) is 1.80. The first-order valence-corrected chi connectivity index (χ1v) is 4.53. The number of nitrogens with one attached hydrogen (secondary N) is 1. The third-order valence-electron chi connectivity index (χ3n) is 1.80. The van der Waals surface area contributed by atoms with Gasteiger partial charge in [0.2, 0.25) is 0 Å². The molecule has 0 fully saturated rings. The number of carbonyl (C=O) groups is 2. The van der Waals surface area contributed by atoms with E-state index in [1.165, 1.54) is 13.0 Å². The van der Waals surface area contributed by atoms with Crippen molar-refractivity contribution in [1.29, 1.82) is 0 Å². The van der Waals surface area contributed by atoms with Crippen molar-refractivity contribution in [2.24, 2.45) is 5.92 Å². The van der Waals surface area contributed by atoms with Gasteiger partial charge in [0.25, 0.3) is 0 Å². The van der Waals surface area contributed by atoms with E-state index in [2.05, 4.69) is 11.9 Å².